The molecule has 2 heteroatoms. The van der Waals surface area contributed by atoms with Crippen molar-refractivity contribution >= 4 is 0 Å². The van der Waals surface area contributed by atoms with Gasteiger partial charge in [-0.2, -0.15) is 5.10 Å². The maximum Gasteiger partial charge on any atom is 0.0651 e. The molecule has 0 spiro atoms. The van der Waals surface area contributed by atoms with E-state index >= 15 is 0 Å². The molecule has 1 heterocycles. The molecule has 0 fully saturated rings. The zero-order valence-electron chi connectivity index (χ0n) is 11.9. The lowest BCUT2D eigenvalue weighted by atomic mass is 10.1. The van der Waals surface area contributed by atoms with Crippen LogP contribution in [0.5, 0.6) is 0 Å². The lowest BCUT2D eigenvalue weighted by molar-refractivity contribution is 0.843. The van der Waals surface area contributed by atoms with E-state index in [2.05, 4.69) is 67.5 Å². The van der Waals surface area contributed by atoms with E-state index in [1.54, 1.807) is 0 Å². The van der Waals surface area contributed by atoms with Crippen molar-refractivity contribution in [2.24, 2.45) is 0 Å². The number of hydrogen-bond donors (Lipinski definition) is 0. The highest BCUT2D eigenvalue weighted by Crippen LogP contribution is 2.18. The van der Waals surface area contributed by atoms with E-state index in [0.717, 1.165) is 12.1 Å². The van der Waals surface area contributed by atoms with Gasteiger partial charge in [-0.05, 0) is 42.7 Å². The normalized spacial score (nSPS) is 10.7. The topological polar surface area (TPSA) is 17.8 Å². The fourth-order valence-corrected chi connectivity index (χ4v) is 2.45. The number of nitrogens with zero attached hydrogens (tertiary/aromatic N) is 2. The molecule has 3 rings (SSSR count). The average molecular weight is 262 g/mol. The van der Waals surface area contributed by atoms with Gasteiger partial charge in [0.05, 0.1) is 11.9 Å². The second kappa shape index (κ2) is 5.33. The van der Waals surface area contributed by atoms with Crippen LogP contribution in [0.2, 0.25) is 0 Å². The van der Waals surface area contributed by atoms with Gasteiger partial charge in [-0.1, -0.05) is 42.5 Å². The Morgan fingerprint density at radius 2 is 1.75 bits per heavy atom. The van der Waals surface area contributed by atoms with Crippen LogP contribution < -0.4 is 0 Å². The summed E-state index contributed by atoms with van der Waals surface area (Å²) in [6, 6.07) is 19.0. The molecule has 100 valence electrons. The number of benzene rings is 2. The highest BCUT2D eigenvalue weighted by molar-refractivity contribution is 5.38. The van der Waals surface area contributed by atoms with Crippen molar-refractivity contribution in [3.8, 4) is 5.69 Å². The zero-order valence-corrected chi connectivity index (χ0v) is 11.9. The van der Waals surface area contributed by atoms with Crippen molar-refractivity contribution < 1.29 is 0 Å². The molecule has 0 unspecified atom stereocenters. The summed E-state index contributed by atoms with van der Waals surface area (Å²) in [5, 5.41) is 4.54. The van der Waals surface area contributed by atoms with Crippen LogP contribution in [0.1, 0.15) is 22.4 Å². The maximum atomic E-state index is 4.54. The van der Waals surface area contributed by atoms with Crippen LogP contribution in [0.25, 0.3) is 5.69 Å². The van der Waals surface area contributed by atoms with Gasteiger partial charge < -0.3 is 0 Å². The SMILES string of the molecule is Cc1cccc(-n2ncc(Cc3ccccc3)c2C)c1. The average Bonchev–Trinajstić information content (AvgIpc) is 2.81. The Bertz CT molecular complexity index is 711. The van der Waals surface area contributed by atoms with Gasteiger partial charge in [-0.25, -0.2) is 4.68 Å². The van der Waals surface area contributed by atoms with Crippen LogP contribution in [0, 0.1) is 13.8 Å². The Kier molecular flexibility index (Phi) is 3.38. The summed E-state index contributed by atoms with van der Waals surface area (Å²) in [5.74, 6) is 0. The first-order chi connectivity index (χ1) is 9.74. The number of hydrogen-bond acceptors (Lipinski definition) is 1. The summed E-state index contributed by atoms with van der Waals surface area (Å²) in [6.07, 6.45) is 2.91. The largest absolute Gasteiger partial charge is 0.238 e. The molecule has 0 aliphatic carbocycles. The molecule has 1 aromatic heterocycles. The van der Waals surface area contributed by atoms with Gasteiger partial charge >= 0.3 is 0 Å². The van der Waals surface area contributed by atoms with E-state index in [-0.39, 0.29) is 0 Å². The molecule has 0 bridgehead atoms. The number of rotatable bonds is 3. The molecule has 2 nitrogen and oxygen atoms in total. The predicted octanol–water partition coefficient (Wildman–Crippen LogP) is 4.08. The lowest BCUT2D eigenvalue weighted by Crippen LogP contribution is -2.00. The van der Waals surface area contributed by atoms with Gasteiger partial charge in [-0.15, -0.1) is 0 Å². The molecule has 20 heavy (non-hydrogen) atoms. The fraction of sp³-hybridized carbons (Fsp3) is 0.167. The molecule has 0 atom stereocenters. The van der Waals surface area contributed by atoms with Gasteiger partial charge in [0.1, 0.15) is 0 Å². The molecule has 0 amide bonds. The maximum absolute atomic E-state index is 4.54. The molecule has 0 saturated heterocycles. The Hall–Kier alpha value is -2.35. The molecule has 0 saturated carbocycles. The summed E-state index contributed by atoms with van der Waals surface area (Å²) in [5.41, 5.74) is 6.18. The third-order valence-corrected chi connectivity index (χ3v) is 3.60. The van der Waals surface area contributed by atoms with Gasteiger partial charge in [0, 0.05) is 12.1 Å². The highest BCUT2D eigenvalue weighted by Gasteiger charge is 2.08. The Labute approximate surface area is 119 Å². The van der Waals surface area contributed by atoms with Crippen molar-refractivity contribution in [3.63, 3.8) is 0 Å². The minimum absolute atomic E-state index is 0.929. The van der Waals surface area contributed by atoms with E-state index in [9.17, 15) is 0 Å². The number of aromatic nitrogens is 2. The predicted molar refractivity (Wildman–Crippen MR) is 82.3 cm³/mol. The molecular weight excluding hydrogens is 244 g/mol. The van der Waals surface area contributed by atoms with E-state index in [4.69, 9.17) is 0 Å². The smallest absolute Gasteiger partial charge is 0.0651 e. The minimum atomic E-state index is 0.929. The monoisotopic (exact) mass is 262 g/mol. The molecule has 2 aromatic carbocycles. The van der Waals surface area contributed by atoms with Gasteiger partial charge in [0.25, 0.3) is 0 Å². The third kappa shape index (κ3) is 2.50. The van der Waals surface area contributed by atoms with Crippen molar-refractivity contribution in [2.45, 2.75) is 20.3 Å². The van der Waals surface area contributed by atoms with Crippen LogP contribution >= 0.6 is 0 Å². The van der Waals surface area contributed by atoms with E-state index in [0.29, 0.717) is 0 Å². The second-order valence-corrected chi connectivity index (χ2v) is 5.17. The summed E-state index contributed by atoms with van der Waals surface area (Å²) < 4.78 is 2.02. The molecule has 3 aromatic rings. The lowest BCUT2D eigenvalue weighted by Gasteiger charge is -2.06. The van der Waals surface area contributed by atoms with Crippen molar-refractivity contribution in [1.29, 1.82) is 0 Å². The van der Waals surface area contributed by atoms with Gasteiger partial charge in [0.2, 0.25) is 0 Å². The van der Waals surface area contributed by atoms with Crippen LogP contribution in [-0.2, 0) is 6.42 Å². The number of aryl methyl sites for hydroxylation is 1. The van der Waals surface area contributed by atoms with Gasteiger partial charge in [0.15, 0.2) is 0 Å². The van der Waals surface area contributed by atoms with E-state index in [1.807, 2.05) is 16.9 Å². The van der Waals surface area contributed by atoms with E-state index < -0.39 is 0 Å². The van der Waals surface area contributed by atoms with E-state index in [1.165, 1.54) is 22.4 Å². The van der Waals surface area contributed by atoms with Crippen molar-refractivity contribution in [1.82, 2.24) is 9.78 Å². The fourth-order valence-electron chi connectivity index (χ4n) is 2.45. The van der Waals surface area contributed by atoms with Crippen molar-refractivity contribution in [2.75, 3.05) is 0 Å². The quantitative estimate of drug-likeness (QED) is 0.695. The molecule has 0 aliphatic heterocycles. The second-order valence-electron chi connectivity index (χ2n) is 5.17. The summed E-state index contributed by atoms with van der Waals surface area (Å²) in [6.45, 7) is 4.24. The Balaban J connectivity index is 1.93. The van der Waals surface area contributed by atoms with Crippen LogP contribution in [0.3, 0.4) is 0 Å². The molecule has 0 aliphatic rings. The molecular formula is C18H18N2. The Morgan fingerprint density at radius 1 is 0.950 bits per heavy atom. The summed E-state index contributed by atoms with van der Waals surface area (Å²) >= 11 is 0. The highest BCUT2D eigenvalue weighted by atomic mass is 15.3. The summed E-state index contributed by atoms with van der Waals surface area (Å²) in [4.78, 5) is 0. The van der Waals surface area contributed by atoms with Crippen LogP contribution in [0.4, 0.5) is 0 Å². The minimum Gasteiger partial charge on any atom is -0.238 e. The van der Waals surface area contributed by atoms with Gasteiger partial charge in [-0.3, -0.25) is 0 Å². The first-order valence-electron chi connectivity index (χ1n) is 6.88. The Morgan fingerprint density at radius 3 is 2.50 bits per heavy atom. The molecule has 0 N–H and O–H groups in total. The van der Waals surface area contributed by atoms with Crippen molar-refractivity contribution in [3.05, 3.63) is 83.2 Å². The third-order valence-electron chi connectivity index (χ3n) is 3.60. The first-order valence-corrected chi connectivity index (χ1v) is 6.88. The summed E-state index contributed by atoms with van der Waals surface area (Å²) in [7, 11) is 0. The zero-order chi connectivity index (χ0) is 13.9. The first kappa shape index (κ1) is 12.7. The van der Waals surface area contributed by atoms with Crippen LogP contribution in [-0.4, -0.2) is 9.78 Å². The van der Waals surface area contributed by atoms with Crippen LogP contribution in [0.15, 0.2) is 60.8 Å². The standard InChI is InChI=1S/C18H18N2/c1-14-7-6-10-18(11-14)20-15(2)17(13-19-20)12-16-8-4-3-5-9-16/h3-11,13H,12H2,1-2H3. The molecule has 0 radical (unpaired) electrons.